The van der Waals surface area contributed by atoms with Gasteiger partial charge < -0.3 is 15.0 Å². The Labute approximate surface area is 164 Å². The molecule has 0 aromatic heterocycles. The number of para-hydroxylation sites is 1. The van der Waals surface area contributed by atoms with Crippen molar-refractivity contribution in [1.29, 1.82) is 0 Å². The minimum atomic E-state index is -0.336. The van der Waals surface area contributed by atoms with E-state index in [1.807, 2.05) is 23.1 Å². The van der Waals surface area contributed by atoms with Gasteiger partial charge in [-0.15, -0.1) is 0 Å². The summed E-state index contributed by atoms with van der Waals surface area (Å²) in [5.41, 5.74) is 0.970. The van der Waals surface area contributed by atoms with E-state index < -0.39 is 0 Å². The summed E-state index contributed by atoms with van der Waals surface area (Å²) < 4.78 is 5.70. The quantitative estimate of drug-likeness (QED) is 0.829. The normalized spacial score (nSPS) is 16.7. The monoisotopic (exact) mass is 386 g/mol. The largest absolute Gasteiger partial charge is 0.483 e. The third kappa shape index (κ3) is 5.01. The van der Waals surface area contributed by atoms with Crippen LogP contribution >= 0.6 is 11.6 Å². The van der Waals surface area contributed by atoms with Crippen LogP contribution in [0.15, 0.2) is 48.5 Å². The number of likely N-dealkylation sites (tertiary alicyclic amines) is 1. The smallest absolute Gasteiger partial charge is 0.260 e. The van der Waals surface area contributed by atoms with Crippen LogP contribution in [0.3, 0.4) is 0 Å². The first-order valence-electron chi connectivity index (χ1n) is 9.13. The minimum absolute atomic E-state index is 0.0634. The van der Waals surface area contributed by atoms with Crippen molar-refractivity contribution in [2.45, 2.75) is 32.2 Å². The number of nitrogens with zero attached hydrogens (tertiary/aromatic N) is 1. The third-order valence-corrected chi connectivity index (χ3v) is 4.93. The van der Waals surface area contributed by atoms with Crippen LogP contribution in [-0.4, -0.2) is 35.9 Å². The zero-order valence-corrected chi connectivity index (χ0v) is 16.0. The van der Waals surface area contributed by atoms with Gasteiger partial charge in [-0.3, -0.25) is 9.59 Å². The van der Waals surface area contributed by atoms with E-state index >= 15 is 0 Å². The lowest BCUT2D eigenvalue weighted by Gasteiger charge is -2.33. The Hall–Kier alpha value is -2.53. The molecule has 2 aromatic carbocycles. The van der Waals surface area contributed by atoms with E-state index in [9.17, 15) is 9.59 Å². The number of benzene rings is 2. The van der Waals surface area contributed by atoms with Crippen molar-refractivity contribution in [3.8, 4) is 5.75 Å². The number of hydrogen-bond donors (Lipinski definition) is 1. The highest BCUT2D eigenvalue weighted by Gasteiger charge is 2.24. The van der Waals surface area contributed by atoms with Crippen molar-refractivity contribution < 1.29 is 14.3 Å². The molecule has 0 saturated carbocycles. The van der Waals surface area contributed by atoms with Crippen molar-refractivity contribution in [1.82, 2.24) is 4.90 Å². The third-order valence-electron chi connectivity index (χ3n) is 4.69. The molecule has 0 bridgehead atoms. The number of halogens is 1. The molecule has 142 valence electrons. The van der Waals surface area contributed by atoms with Crippen LogP contribution in [0.2, 0.25) is 5.02 Å². The molecule has 2 aromatic rings. The molecule has 1 atom stereocenters. The van der Waals surface area contributed by atoms with Crippen molar-refractivity contribution in [3.63, 3.8) is 0 Å². The average molecular weight is 387 g/mol. The van der Waals surface area contributed by atoms with Crippen molar-refractivity contribution in [2.75, 3.05) is 18.5 Å². The highest BCUT2D eigenvalue weighted by molar-refractivity contribution is 6.31. The van der Waals surface area contributed by atoms with E-state index in [-0.39, 0.29) is 24.5 Å². The molecule has 1 saturated heterocycles. The summed E-state index contributed by atoms with van der Waals surface area (Å²) in [6, 6.07) is 14.2. The second-order valence-corrected chi connectivity index (χ2v) is 7.12. The maximum Gasteiger partial charge on any atom is 0.260 e. The molecule has 6 heteroatoms. The van der Waals surface area contributed by atoms with Crippen LogP contribution in [0.25, 0.3) is 0 Å². The number of carbonyl (C=O) groups is 2. The SMILES string of the molecule is C[C@H]1CCCCN1C(=O)COc1ccc(Cl)cc1C(=O)Nc1ccccc1. The number of ether oxygens (including phenoxy) is 1. The van der Waals surface area contributed by atoms with Crippen LogP contribution in [0.4, 0.5) is 5.69 Å². The first-order valence-corrected chi connectivity index (χ1v) is 9.50. The van der Waals surface area contributed by atoms with Gasteiger partial charge in [-0.25, -0.2) is 0 Å². The number of nitrogens with one attached hydrogen (secondary N) is 1. The predicted molar refractivity (Wildman–Crippen MR) is 106 cm³/mol. The summed E-state index contributed by atoms with van der Waals surface area (Å²) in [6.45, 7) is 2.71. The topological polar surface area (TPSA) is 58.6 Å². The Bertz CT molecular complexity index is 810. The van der Waals surface area contributed by atoms with Gasteiger partial charge in [0.25, 0.3) is 11.8 Å². The Kier molecular flexibility index (Phi) is 6.35. The number of rotatable bonds is 5. The zero-order valence-electron chi connectivity index (χ0n) is 15.3. The maximum atomic E-state index is 12.6. The molecule has 0 radical (unpaired) electrons. The van der Waals surface area contributed by atoms with E-state index in [2.05, 4.69) is 12.2 Å². The fraction of sp³-hybridized carbons (Fsp3) is 0.333. The number of hydrogen-bond acceptors (Lipinski definition) is 3. The van der Waals surface area contributed by atoms with Gasteiger partial charge in [-0.1, -0.05) is 29.8 Å². The second kappa shape index (κ2) is 8.91. The van der Waals surface area contributed by atoms with Gasteiger partial charge in [-0.05, 0) is 56.5 Å². The molecule has 0 spiro atoms. The van der Waals surface area contributed by atoms with Crippen LogP contribution in [-0.2, 0) is 4.79 Å². The van der Waals surface area contributed by atoms with Crippen molar-refractivity contribution >= 4 is 29.1 Å². The Balaban J connectivity index is 1.70. The first-order chi connectivity index (χ1) is 13.0. The molecular formula is C21H23ClN2O3. The van der Waals surface area contributed by atoms with Crippen LogP contribution in [0.1, 0.15) is 36.5 Å². The fourth-order valence-corrected chi connectivity index (χ4v) is 3.39. The van der Waals surface area contributed by atoms with E-state index in [1.165, 1.54) is 0 Å². The Morgan fingerprint density at radius 2 is 1.96 bits per heavy atom. The van der Waals surface area contributed by atoms with Gasteiger partial charge in [-0.2, -0.15) is 0 Å². The van der Waals surface area contributed by atoms with E-state index in [0.29, 0.717) is 22.0 Å². The lowest BCUT2D eigenvalue weighted by molar-refractivity contribution is -0.136. The van der Waals surface area contributed by atoms with Gasteiger partial charge in [0.05, 0.1) is 5.56 Å². The summed E-state index contributed by atoms with van der Waals surface area (Å²) in [6.07, 6.45) is 3.17. The second-order valence-electron chi connectivity index (χ2n) is 6.68. The highest BCUT2D eigenvalue weighted by atomic mass is 35.5. The van der Waals surface area contributed by atoms with Crippen LogP contribution < -0.4 is 10.1 Å². The molecular weight excluding hydrogens is 364 g/mol. The molecule has 27 heavy (non-hydrogen) atoms. The molecule has 5 nitrogen and oxygen atoms in total. The molecule has 1 fully saturated rings. The lowest BCUT2D eigenvalue weighted by Crippen LogP contribution is -2.44. The zero-order chi connectivity index (χ0) is 19.2. The number of carbonyl (C=O) groups excluding carboxylic acids is 2. The molecule has 3 rings (SSSR count). The Morgan fingerprint density at radius 3 is 2.70 bits per heavy atom. The van der Waals surface area contributed by atoms with Crippen molar-refractivity contribution in [3.05, 3.63) is 59.1 Å². The summed E-state index contributed by atoms with van der Waals surface area (Å²) in [5.74, 6) is -0.0603. The molecule has 2 amide bonds. The van der Waals surface area contributed by atoms with Gasteiger partial charge >= 0.3 is 0 Å². The van der Waals surface area contributed by atoms with Crippen molar-refractivity contribution in [2.24, 2.45) is 0 Å². The Morgan fingerprint density at radius 1 is 1.19 bits per heavy atom. The standard InChI is InChI=1S/C21H23ClN2O3/c1-15-7-5-6-12-24(15)20(25)14-27-19-11-10-16(22)13-18(19)21(26)23-17-8-3-2-4-9-17/h2-4,8-11,13,15H,5-7,12,14H2,1H3,(H,23,26)/t15-/m0/s1. The summed E-state index contributed by atoms with van der Waals surface area (Å²) in [7, 11) is 0. The van der Waals surface area contributed by atoms with E-state index in [4.69, 9.17) is 16.3 Å². The van der Waals surface area contributed by atoms with Gasteiger partial charge in [0.1, 0.15) is 5.75 Å². The van der Waals surface area contributed by atoms with Crippen LogP contribution in [0.5, 0.6) is 5.75 Å². The molecule has 1 N–H and O–H groups in total. The summed E-state index contributed by atoms with van der Waals surface area (Å²) in [5, 5.41) is 3.24. The molecule has 1 aliphatic rings. The van der Waals surface area contributed by atoms with Crippen LogP contribution in [0, 0.1) is 0 Å². The maximum absolute atomic E-state index is 12.6. The fourth-order valence-electron chi connectivity index (χ4n) is 3.22. The van der Waals surface area contributed by atoms with Gasteiger partial charge in [0.2, 0.25) is 0 Å². The lowest BCUT2D eigenvalue weighted by atomic mass is 10.0. The molecule has 1 aliphatic heterocycles. The summed E-state index contributed by atoms with van der Waals surface area (Å²) >= 11 is 6.06. The first kappa shape index (κ1) is 19.2. The minimum Gasteiger partial charge on any atom is -0.483 e. The van der Waals surface area contributed by atoms with Gasteiger partial charge in [0.15, 0.2) is 6.61 Å². The molecule has 0 aliphatic carbocycles. The van der Waals surface area contributed by atoms with E-state index in [1.54, 1.807) is 30.3 Å². The average Bonchev–Trinajstić information content (AvgIpc) is 2.68. The number of piperidine rings is 1. The number of anilines is 1. The van der Waals surface area contributed by atoms with Gasteiger partial charge in [0, 0.05) is 23.3 Å². The highest BCUT2D eigenvalue weighted by Crippen LogP contribution is 2.25. The molecule has 1 heterocycles. The summed E-state index contributed by atoms with van der Waals surface area (Å²) in [4.78, 5) is 27.0. The molecule has 0 unspecified atom stereocenters. The van der Waals surface area contributed by atoms with E-state index in [0.717, 1.165) is 25.8 Å². The predicted octanol–water partition coefficient (Wildman–Crippen LogP) is 4.37. The number of amides is 2.